The third kappa shape index (κ3) is 3.98. The summed E-state index contributed by atoms with van der Waals surface area (Å²) in [6.45, 7) is 1.93. The van der Waals surface area contributed by atoms with Crippen molar-refractivity contribution in [2.45, 2.75) is 6.42 Å². The lowest BCUT2D eigenvalue weighted by molar-refractivity contribution is 0.0775. The minimum atomic E-state index is -0.217. The van der Waals surface area contributed by atoms with E-state index in [1.807, 2.05) is 4.90 Å². The smallest absolute Gasteiger partial charge is 0.253 e. The molecule has 1 aliphatic heterocycles. The Morgan fingerprint density at radius 1 is 1.57 bits per heavy atom. The highest BCUT2D eigenvalue weighted by atomic mass is 35.5. The Balaban J connectivity index is 2.08. The lowest BCUT2D eigenvalue weighted by Gasteiger charge is -2.16. The van der Waals surface area contributed by atoms with Gasteiger partial charge in [-0.15, -0.1) is 0 Å². The van der Waals surface area contributed by atoms with Gasteiger partial charge in [0.05, 0.1) is 11.6 Å². The Morgan fingerprint density at radius 3 is 3.05 bits per heavy atom. The van der Waals surface area contributed by atoms with Crippen LogP contribution in [0.3, 0.4) is 0 Å². The normalized spacial score (nSPS) is 17.5. The second-order valence-electron chi connectivity index (χ2n) is 5.02. The molecule has 21 heavy (non-hydrogen) atoms. The van der Waals surface area contributed by atoms with Crippen LogP contribution in [0.25, 0.3) is 0 Å². The second kappa shape index (κ2) is 7.46. The fourth-order valence-corrected chi connectivity index (χ4v) is 2.68. The summed E-state index contributed by atoms with van der Waals surface area (Å²) in [7, 11) is 1.68. The van der Waals surface area contributed by atoms with Crippen molar-refractivity contribution >= 4 is 17.5 Å². The predicted molar refractivity (Wildman–Crippen MR) is 81.3 cm³/mol. The molecular weight excluding hydrogens is 290 g/mol. The third-order valence-corrected chi connectivity index (χ3v) is 3.81. The SMILES string of the molecule is COCC1CCN(C(=O)c2ccc(C#CCO)c(Cl)c2)C1. The van der Waals surface area contributed by atoms with Crippen LogP contribution in [0.1, 0.15) is 22.3 Å². The van der Waals surface area contributed by atoms with Crippen molar-refractivity contribution in [2.75, 3.05) is 33.4 Å². The number of methoxy groups -OCH3 is 1. The molecule has 1 saturated heterocycles. The van der Waals surface area contributed by atoms with Crippen molar-refractivity contribution in [3.63, 3.8) is 0 Å². The van der Waals surface area contributed by atoms with E-state index < -0.39 is 0 Å². The van der Waals surface area contributed by atoms with E-state index in [1.54, 1.807) is 25.3 Å². The Labute approximate surface area is 129 Å². The van der Waals surface area contributed by atoms with Crippen LogP contribution < -0.4 is 0 Å². The molecular formula is C16H18ClNO3. The molecule has 1 heterocycles. The molecule has 0 aliphatic carbocycles. The summed E-state index contributed by atoms with van der Waals surface area (Å²) in [5.74, 6) is 5.68. The zero-order chi connectivity index (χ0) is 15.2. The Kier molecular flexibility index (Phi) is 5.63. The van der Waals surface area contributed by atoms with Gasteiger partial charge in [-0.3, -0.25) is 4.79 Å². The van der Waals surface area contributed by atoms with E-state index >= 15 is 0 Å². The van der Waals surface area contributed by atoms with Gasteiger partial charge in [0, 0.05) is 37.2 Å². The van der Waals surface area contributed by atoms with Gasteiger partial charge in [-0.2, -0.15) is 0 Å². The topological polar surface area (TPSA) is 49.8 Å². The number of nitrogens with zero attached hydrogens (tertiary/aromatic N) is 1. The molecule has 0 aromatic heterocycles. The monoisotopic (exact) mass is 307 g/mol. The molecule has 1 unspecified atom stereocenters. The predicted octanol–water partition coefficient (Wildman–Crippen LogP) is 1.79. The number of aliphatic hydroxyl groups excluding tert-OH is 1. The van der Waals surface area contributed by atoms with Crippen LogP contribution in [0.5, 0.6) is 0 Å². The van der Waals surface area contributed by atoms with Gasteiger partial charge in [-0.25, -0.2) is 0 Å². The average molecular weight is 308 g/mol. The van der Waals surface area contributed by atoms with Gasteiger partial charge in [0.15, 0.2) is 0 Å². The van der Waals surface area contributed by atoms with E-state index in [9.17, 15) is 4.79 Å². The molecule has 112 valence electrons. The second-order valence-corrected chi connectivity index (χ2v) is 5.42. The molecule has 0 bridgehead atoms. The zero-order valence-electron chi connectivity index (χ0n) is 11.9. The molecule has 1 fully saturated rings. The lowest BCUT2D eigenvalue weighted by Crippen LogP contribution is -2.29. The van der Waals surface area contributed by atoms with Crippen LogP contribution >= 0.6 is 11.6 Å². The summed E-state index contributed by atoms with van der Waals surface area (Å²) in [5.41, 5.74) is 1.17. The van der Waals surface area contributed by atoms with Gasteiger partial charge in [-0.1, -0.05) is 23.4 Å². The summed E-state index contributed by atoms with van der Waals surface area (Å²) in [5, 5.41) is 9.11. The number of likely N-dealkylation sites (tertiary alicyclic amines) is 1. The summed E-state index contributed by atoms with van der Waals surface area (Å²) >= 11 is 6.12. The highest BCUT2D eigenvalue weighted by Gasteiger charge is 2.27. The summed E-state index contributed by atoms with van der Waals surface area (Å²) in [6, 6.07) is 5.06. The standard InChI is InChI=1S/C16H18ClNO3/c1-21-11-12-6-7-18(10-12)16(20)14-5-4-13(3-2-8-19)15(17)9-14/h4-5,9,12,19H,6-8,10-11H2,1H3. The number of aliphatic hydroxyl groups is 1. The first-order valence-electron chi connectivity index (χ1n) is 6.83. The van der Waals surface area contributed by atoms with Crippen LogP contribution in [0.2, 0.25) is 5.02 Å². The first kappa shape index (κ1) is 15.8. The van der Waals surface area contributed by atoms with Gasteiger partial charge in [0.25, 0.3) is 5.91 Å². The number of ether oxygens (including phenoxy) is 1. The third-order valence-electron chi connectivity index (χ3n) is 3.49. The van der Waals surface area contributed by atoms with E-state index in [0.29, 0.717) is 28.7 Å². The van der Waals surface area contributed by atoms with Gasteiger partial charge >= 0.3 is 0 Å². The van der Waals surface area contributed by atoms with Crippen LogP contribution in [-0.2, 0) is 4.74 Å². The van der Waals surface area contributed by atoms with E-state index in [1.165, 1.54) is 0 Å². The number of carbonyl (C=O) groups excluding carboxylic acids is 1. The molecule has 1 N–H and O–H groups in total. The maximum Gasteiger partial charge on any atom is 0.253 e. The van der Waals surface area contributed by atoms with Gasteiger partial charge in [0.2, 0.25) is 0 Å². The maximum absolute atomic E-state index is 12.4. The Bertz CT molecular complexity index is 577. The number of hydrogen-bond donors (Lipinski definition) is 1. The fraction of sp³-hybridized carbons (Fsp3) is 0.438. The highest BCUT2D eigenvalue weighted by Crippen LogP contribution is 2.22. The Morgan fingerprint density at radius 2 is 2.38 bits per heavy atom. The minimum Gasteiger partial charge on any atom is -0.384 e. The molecule has 0 radical (unpaired) electrons. The van der Waals surface area contributed by atoms with Crippen LogP contribution in [0.15, 0.2) is 18.2 Å². The fourth-order valence-electron chi connectivity index (χ4n) is 2.46. The summed E-state index contributed by atoms with van der Waals surface area (Å²) in [6.07, 6.45) is 0.966. The average Bonchev–Trinajstić information content (AvgIpc) is 2.94. The van der Waals surface area contributed by atoms with Gasteiger partial charge < -0.3 is 14.7 Å². The Hall–Kier alpha value is -1.54. The van der Waals surface area contributed by atoms with Crippen LogP contribution in [0.4, 0.5) is 0 Å². The quantitative estimate of drug-likeness (QED) is 0.866. The van der Waals surface area contributed by atoms with Crippen molar-refractivity contribution in [1.82, 2.24) is 4.90 Å². The number of rotatable bonds is 3. The van der Waals surface area contributed by atoms with Crippen molar-refractivity contribution in [2.24, 2.45) is 5.92 Å². The first-order chi connectivity index (χ1) is 10.2. The maximum atomic E-state index is 12.4. The van der Waals surface area contributed by atoms with Crippen LogP contribution in [0, 0.1) is 17.8 Å². The highest BCUT2D eigenvalue weighted by molar-refractivity contribution is 6.32. The minimum absolute atomic E-state index is 0.0165. The molecule has 1 aliphatic rings. The molecule has 1 atom stereocenters. The number of halogens is 1. The van der Waals surface area contributed by atoms with Crippen molar-refractivity contribution < 1.29 is 14.6 Å². The summed E-state index contributed by atoms with van der Waals surface area (Å²) < 4.78 is 5.14. The number of hydrogen-bond acceptors (Lipinski definition) is 3. The van der Waals surface area contributed by atoms with Crippen molar-refractivity contribution in [3.8, 4) is 11.8 Å². The molecule has 0 spiro atoms. The van der Waals surface area contributed by atoms with E-state index in [-0.39, 0.29) is 12.5 Å². The molecule has 1 amide bonds. The van der Waals surface area contributed by atoms with Gasteiger partial charge in [0.1, 0.15) is 6.61 Å². The molecule has 1 aromatic rings. The van der Waals surface area contributed by atoms with Crippen molar-refractivity contribution in [1.29, 1.82) is 0 Å². The lowest BCUT2D eigenvalue weighted by atomic mass is 10.1. The molecule has 5 heteroatoms. The zero-order valence-corrected chi connectivity index (χ0v) is 12.7. The molecule has 2 rings (SSSR count). The summed E-state index contributed by atoms with van der Waals surface area (Å²) in [4.78, 5) is 14.3. The van der Waals surface area contributed by atoms with Gasteiger partial charge in [-0.05, 0) is 24.6 Å². The van der Waals surface area contributed by atoms with E-state index in [4.69, 9.17) is 21.4 Å². The number of carbonyl (C=O) groups is 1. The van der Waals surface area contributed by atoms with E-state index in [2.05, 4.69) is 11.8 Å². The molecule has 1 aromatic carbocycles. The van der Waals surface area contributed by atoms with E-state index in [0.717, 1.165) is 19.5 Å². The number of amides is 1. The molecule has 4 nitrogen and oxygen atoms in total. The largest absolute Gasteiger partial charge is 0.384 e. The van der Waals surface area contributed by atoms with Crippen molar-refractivity contribution in [3.05, 3.63) is 34.3 Å². The molecule has 0 saturated carbocycles. The van der Waals surface area contributed by atoms with Crippen LogP contribution in [-0.4, -0.2) is 49.3 Å². The number of benzene rings is 1. The first-order valence-corrected chi connectivity index (χ1v) is 7.21.